The molecule has 0 radical (unpaired) electrons. The molecule has 0 amide bonds. The van der Waals surface area contributed by atoms with Crippen LogP contribution in [0.1, 0.15) is 31.5 Å². The van der Waals surface area contributed by atoms with Gasteiger partial charge in [-0.05, 0) is 56.5 Å². The standard InChI is InChI=1S/C14H21FN2/c1-11(15)13-2-4-14(5-3-13)17-10-12-6-8-16-9-7-12/h2-5,11-12,16-17H,6-10H2,1H3. The summed E-state index contributed by atoms with van der Waals surface area (Å²) in [5.74, 6) is 0.760. The van der Waals surface area contributed by atoms with Gasteiger partial charge in [-0.2, -0.15) is 0 Å². The fourth-order valence-electron chi connectivity index (χ4n) is 2.21. The van der Waals surface area contributed by atoms with Crippen LogP contribution in [0, 0.1) is 5.92 Å². The number of hydrogen-bond acceptors (Lipinski definition) is 2. The smallest absolute Gasteiger partial charge is 0.122 e. The first kappa shape index (κ1) is 12.4. The maximum Gasteiger partial charge on any atom is 0.122 e. The molecule has 94 valence electrons. The highest BCUT2D eigenvalue weighted by atomic mass is 19.1. The second-order valence-electron chi connectivity index (χ2n) is 4.81. The lowest BCUT2D eigenvalue weighted by atomic mass is 9.98. The molecule has 1 fully saturated rings. The highest BCUT2D eigenvalue weighted by molar-refractivity contribution is 5.44. The molecule has 1 aromatic carbocycles. The Labute approximate surface area is 103 Å². The number of rotatable bonds is 4. The Morgan fingerprint density at radius 2 is 1.94 bits per heavy atom. The average molecular weight is 236 g/mol. The van der Waals surface area contributed by atoms with Gasteiger partial charge in [0.25, 0.3) is 0 Å². The third-order valence-electron chi connectivity index (χ3n) is 3.42. The number of piperidine rings is 1. The first-order chi connectivity index (χ1) is 8.25. The Bertz CT molecular complexity index is 329. The van der Waals surface area contributed by atoms with Gasteiger partial charge in [-0.3, -0.25) is 0 Å². The number of nitrogens with one attached hydrogen (secondary N) is 2. The lowest BCUT2D eigenvalue weighted by molar-refractivity contribution is 0.374. The number of halogens is 1. The lowest BCUT2D eigenvalue weighted by Crippen LogP contribution is -2.31. The van der Waals surface area contributed by atoms with Gasteiger partial charge in [0.05, 0.1) is 0 Å². The molecule has 1 aromatic rings. The van der Waals surface area contributed by atoms with E-state index >= 15 is 0 Å². The molecule has 0 spiro atoms. The minimum absolute atomic E-state index is 0.748. The minimum atomic E-state index is -0.881. The summed E-state index contributed by atoms with van der Waals surface area (Å²) in [6.45, 7) is 4.85. The van der Waals surface area contributed by atoms with Gasteiger partial charge in [0, 0.05) is 12.2 Å². The van der Waals surface area contributed by atoms with Crippen LogP contribution in [0.2, 0.25) is 0 Å². The second-order valence-corrected chi connectivity index (χ2v) is 4.81. The predicted molar refractivity (Wildman–Crippen MR) is 70.0 cm³/mol. The molecule has 3 heteroatoms. The van der Waals surface area contributed by atoms with Crippen molar-refractivity contribution in [3.8, 4) is 0 Å². The molecule has 17 heavy (non-hydrogen) atoms. The van der Waals surface area contributed by atoms with Gasteiger partial charge in [0.2, 0.25) is 0 Å². The summed E-state index contributed by atoms with van der Waals surface area (Å²) >= 11 is 0. The summed E-state index contributed by atoms with van der Waals surface area (Å²) < 4.78 is 13.0. The zero-order valence-electron chi connectivity index (χ0n) is 10.4. The molecule has 2 N–H and O–H groups in total. The lowest BCUT2D eigenvalue weighted by Gasteiger charge is -2.23. The van der Waals surface area contributed by atoms with Gasteiger partial charge < -0.3 is 10.6 Å². The van der Waals surface area contributed by atoms with Gasteiger partial charge in [-0.25, -0.2) is 4.39 Å². The van der Waals surface area contributed by atoms with Gasteiger partial charge in [0.1, 0.15) is 6.17 Å². The Morgan fingerprint density at radius 3 is 2.53 bits per heavy atom. The van der Waals surface area contributed by atoms with Crippen LogP contribution in [-0.4, -0.2) is 19.6 Å². The highest BCUT2D eigenvalue weighted by Gasteiger charge is 2.12. The zero-order valence-corrected chi connectivity index (χ0v) is 10.4. The van der Waals surface area contributed by atoms with Gasteiger partial charge in [0.15, 0.2) is 0 Å². The van der Waals surface area contributed by atoms with E-state index < -0.39 is 6.17 Å². The fourth-order valence-corrected chi connectivity index (χ4v) is 2.21. The summed E-state index contributed by atoms with van der Waals surface area (Å²) in [5.41, 5.74) is 1.84. The Hall–Kier alpha value is -1.09. The third kappa shape index (κ3) is 3.70. The predicted octanol–water partition coefficient (Wildman–Crippen LogP) is 3.13. The van der Waals surface area contributed by atoms with Crippen molar-refractivity contribution in [3.05, 3.63) is 29.8 Å². The average Bonchev–Trinajstić information content (AvgIpc) is 2.38. The summed E-state index contributed by atoms with van der Waals surface area (Å²) in [4.78, 5) is 0. The summed E-state index contributed by atoms with van der Waals surface area (Å²) in [6, 6.07) is 7.64. The van der Waals surface area contributed by atoms with Crippen LogP contribution in [0.5, 0.6) is 0 Å². The quantitative estimate of drug-likeness (QED) is 0.839. The van der Waals surface area contributed by atoms with E-state index in [4.69, 9.17) is 0 Å². The molecule has 2 rings (SSSR count). The first-order valence-electron chi connectivity index (χ1n) is 6.44. The van der Waals surface area contributed by atoms with Crippen LogP contribution >= 0.6 is 0 Å². The zero-order chi connectivity index (χ0) is 12.1. The van der Waals surface area contributed by atoms with Crippen molar-refractivity contribution in [2.45, 2.75) is 25.9 Å². The van der Waals surface area contributed by atoms with E-state index in [2.05, 4.69) is 10.6 Å². The second kappa shape index (κ2) is 6.01. The molecule has 1 saturated heterocycles. The SMILES string of the molecule is CC(F)c1ccc(NCC2CCNCC2)cc1. The van der Waals surface area contributed by atoms with Gasteiger partial charge in [-0.1, -0.05) is 12.1 Å². The molecule has 0 bridgehead atoms. The fraction of sp³-hybridized carbons (Fsp3) is 0.571. The molecule has 1 aliphatic rings. The molecule has 1 atom stereocenters. The molecule has 0 aromatic heterocycles. The van der Waals surface area contributed by atoms with Crippen molar-refractivity contribution < 1.29 is 4.39 Å². The molecule has 0 aliphatic carbocycles. The first-order valence-corrected chi connectivity index (χ1v) is 6.44. The van der Waals surface area contributed by atoms with Crippen molar-refractivity contribution in [2.75, 3.05) is 25.0 Å². The van der Waals surface area contributed by atoms with Crippen molar-refractivity contribution in [1.29, 1.82) is 0 Å². The molecule has 1 aliphatic heterocycles. The van der Waals surface area contributed by atoms with Crippen LogP contribution in [0.3, 0.4) is 0 Å². The number of hydrogen-bond donors (Lipinski definition) is 2. The van der Waals surface area contributed by atoms with Gasteiger partial charge in [-0.15, -0.1) is 0 Å². The van der Waals surface area contributed by atoms with Gasteiger partial charge >= 0.3 is 0 Å². The van der Waals surface area contributed by atoms with Crippen LogP contribution in [0.4, 0.5) is 10.1 Å². The van der Waals surface area contributed by atoms with Crippen molar-refractivity contribution in [1.82, 2.24) is 5.32 Å². The molecular weight excluding hydrogens is 215 g/mol. The monoisotopic (exact) mass is 236 g/mol. The summed E-state index contributed by atoms with van der Waals surface area (Å²) in [6.07, 6.45) is 1.60. The Kier molecular flexibility index (Phi) is 4.37. The summed E-state index contributed by atoms with van der Waals surface area (Å²) in [7, 11) is 0. The van der Waals surface area contributed by atoms with Crippen LogP contribution in [0.15, 0.2) is 24.3 Å². The molecule has 1 heterocycles. The van der Waals surface area contributed by atoms with Crippen LogP contribution in [-0.2, 0) is 0 Å². The van der Waals surface area contributed by atoms with E-state index in [-0.39, 0.29) is 0 Å². The summed E-state index contributed by atoms with van der Waals surface area (Å²) in [5, 5.41) is 6.79. The van der Waals surface area contributed by atoms with Crippen molar-refractivity contribution in [3.63, 3.8) is 0 Å². The highest BCUT2D eigenvalue weighted by Crippen LogP contribution is 2.19. The maximum atomic E-state index is 13.0. The van der Waals surface area contributed by atoms with E-state index in [9.17, 15) is 4.39 Å². The van der Waals surface area contributed by atoms with E-state index in [1.165, 1.54) is 12.8 Å². The van der Waals surface area contributed by atoms with Crippen molar-refractivity contribution >= 4 is 5.69 Å². The Morgan fingerprint density at radius 1 is 1.29 bits per heavy atom. The van der Waals surface area contributed by atoms with Crippen LogP contribution < -0.4 is 10.6 Å². The van der Waals surface area contributed by atoms with Crippen LogP contribution in [0.25, 0.3) is 0 Å². The number of alkyl halides is 1. The van der Waals surface area contributed by atoms with E-state index in [1.807, 2.05) is 24.3 Å². The maximum absolute atomic E-state index is 13.0. The molecular formula is C14H21FN2. The molecule has 2 nitrogen and oxygen atoms in total. The number of benzene rings is 1. The van der Waals surface area contributed by atoms with Crippen molar-refractivity contribution in [2.24, 2.45) is 5.92 Å². The normalized spacial score (nSPS) is 18.9. The van der Waals surface area contributed by atoms with E-state index in [1.54, 1.807) is 6.92 Å². The van der Waals surface area contributed by atoms with E-state index in [0.717, 1.165) is 36.8 Å². The minimum Gasteiger partial charge on any atom is -0.385 e. The topological polar surface area (TPSA) is 24.1 Å². The largest absolute Gasteiger partial charge is 0.385 e. The molecule has 1 unspecified atom stereocenters. The third-order valence-corrected chi connectivity index (χ3v) is 3.42. The Balaban J connectivity index is 1.82. The molecule has 0 saturated carbocycles. The van der Waals surface area contributed by atoms with E-state index in [0.29, 0.717) is 0 Å². The number of anilines is 1.